The van der Waals surface area contributed by atoms with Crippen molar-refractivity contribution >= 4 is 23.8 Å². The Balaban J connectivity index is 2.64. The third-order valence-electron chi connectivity index (χ3n) is 4.65. The predicted octanol–water partition coefficient (Wildman–Crippen LogP) is -0.593. The number of hydrogen-bond acceptors (Lipinski definition) is 8. The summed E-state index contributed by atoms with van der Waals surface area (Å²) in [6, 6.07) is -2.56. The summed E-state index contributed by atoms with van der Waals surface area (Å²) in [4.78, 5) is 49.0. The lowest BCUT2D eigenvalue weighted by Crippen LogP contribution is -2.54. The van der Waals surface area contributed by atoms with Gasteiger partial charge in [-0.1, -0.05) is 26.7 Å². The molecule has 0 bridgehead atoms. The Morgan fingerprint density at radius 3 is 1.48 bits per heavy atom. The molecule has 2 amide bonds. The molecular weight excluding hydrogens is 384 g/mol. The number of nitrogens with one attached hydrogen (secondary N) is 2. The molecule has 0 aromatic carbocycles. The zero-order valence-corrected chi connectivity index (χ0v) is 17.1. The van der Waals surface area contributed by atoms with E-state index in [1.807, 2.05) is 13.8 Å². The van der Waals surface area contributed by atoms with Crippen LogP contribution in [0.4, 0.5) is 0 Å². The first-order valence-electron chi connectivity index (χ1n) is 10.0. The lowest BCUT2D eigenvalue weighted by atomic mass is 10.0. The molecule has 0 heterocycles. The SMILES string of the molecule is CCCCOC(=O)[C@@H](CO)NC(=O)C1(C(=O)N[C@H](CO)C(=O)OCCCC)CC1. The number of unbranched alkanes of at least 4 members (excludes halogenated alkanes) is 2. The highest BCUT2D eigenvalue weighted by molar-refractivity contribution is 6.09. The van der Waals surface area contributed by atoms with Gasteiger partial charge in [0, 0.05) is 0 Å². The maximum Gasteiger partial charge on any atom is 0.331 e. The first-order valence-corrected chi connectivity index (χ1v) is 10.0. The van der Waals surface area contributed by atoms with Crippen LogP contribution in [0.5, 0.6) is 0 Å². The number of hydrogen-bond donors (Lipinski definition) is 4. The minimum Gasteiger partial charge on any atom is -0.464 e. The average Bonchev–Trinajstić information content (AvgIpc) is 3.52. The largest absolute Gasteiger partial charge is 0.464 e. The molecule has 29 heavy (non-hydrogen) atoms. The summed E-state index contributed by atoms with van der Waals surface area (Å²) in [7, 11) is 0. The van der Waals surface area contributed by atoms with Gasteiger partial charge in [-0.25, -0.2) is 9.59 Å². The molecule has 2 atom stereocenters. The number of ether oxygens (including phenoxy) is 2. The second-order valence-electron chi connectivity index (χ2n) is 7.04. The van der Waals surface area contributed by atoms with Crippen molar-refractivity contribution in [2.24, 2.45) is 5.41 Å². The van der Waals surface area contributed by atoms with Gasteiger partial charge in [-0.15, -0.1) is 0 Å². The number of aliphatic hydroxyl groups excluding tert-OH is 2. The molecular formula is C19H32N2O8. The van der Waals surface area contributed by atoms with Gasteiger partial charge in [-0.3, -0.25) is 9.59 Å². The number of amides is 2. The highest BCUT2D eigenvalue weighted by Crippen LogP contribution is 2.46. The van der Waals surface area contributed by atoms with Crippen LogP contribution in [0.3, 0.4) is 0 Å². The fraction of sp³-hybridized carbons (Fsp3) is 0.789. The molecule has 0 radical (unpaired) electrons. The van der Waals surface area contributed by atoms with Crippen molar-refractivity contribution in [1.82, 2.24) is 10.6 Å². The molecule has 0 aromatic heterocycles. The molecule has 1 saturated carbocycles. The van der Waals surface area contributed by atoms with Crippen molar-refractivity contribution < 1.29 is 38.9 Å². The lowest BCUT2D eigenvalue weighted by Gasteiger charge is -2.22. The number of carbonyl (C=O) groups excluding carboxylic acids is 4. The van der Waals surface area contributed by atoms with E-state index in [2.05, 4.69) is 10.6 Å². The van der Waals surface area contributed by atoms with Crippen LogP contribution in [0.2, 0.25) is 0 Å². The fourth-order valence-electron chi connectivity index (χ4n) is 2.47. The van der Waals surface area contributed by atoms with Crippen molar-refractivity contribution in [1.29, 1.82) is 0 Å². The minimum atomic E-state index is -1.45. The van der Waals surface area contributed by atoms with Gasteiger partial charge in [0.2, 0.25) is 11.8 Å². The zero-order chi connectivity index (χ0) is 21.9. The summed E-state index contributed by atoms with van der Waals surface area (Å²) in [5.41, 5.74) is -1.45. The van der Waals surface area contributed by atoms with Crippen LogP contribution in [0.25, 0.3) is 0 Å². The summed E-state index contributed by atoms with van der Waals surface area (Å²) >= 11 is 0. The van der Waals surface area contributed by atoms with Crippen LogP contribution in [0.1, 0.15) is 52.4 Å². The van der Waals surface area contributed by atoms with Crippen molar-refractivity contribution in [3.05, 3.63) is 0 Å². The monoisotopic (exact) mass is 416 g/mol. The molecule has 1 aliphatic rings. The summed E-state index contributed by atoms with van der Waals surface area (Å²) in [6.45, 7) is 2.85. The van der Waals surface area contributed by atoms with E-state index in [9.17, 15) is 29.4 Å². The number of aliphatic hydroxyl groups is 2. The van der Waals surface area contributed by atoms with Crippen molar-refractivity contribution in [3.63, 3.8) is 0 Å². The molecule has 0 spiro atoms. The molecule has 0 aliphatic heterocycles. The average molecular weight is 416 g/mol. The molecule has 4 N–H and O–H groups in total. The standard InChI is InChI=1S/C19H32N2O8/c1-3-5-9-28-15(24)13(11-22)20-17(26)19(7-8-19)18(27)21-14(12-23)16(25)29-10-6-4-2/h13-14,22-23H,3-12H2,1-2H3,(H,20,26)(H,21,27)/t13-,14-/m1/s1. The van der Waals surface area contributed by atoms with E-state index < -0.39 is 54.5 Å². The van der Waals surface area contributed by atoms with Gasteiger partial charge in [-0.2, -0.15) is 0 Å². The normalized spacial score (nSPS) is 16.3. The van der Waals surface area contributed by atoms with Gasteiger partial charge in [0.05, 0.1) is 26.4 Å². The van der Waals surface area contributed by atoms with Gasteiger partial charge >= 0.3 is 11.9 Å². The summed E-state index contributed by atoms with van der Waals surface area (Å²) in [5.74, 6) is -3.04. The second kappa shape index (κ2) is 12.4. The van der Waals surface area contributed by atoms with Gasteiger partial charge < -0.3 is 30.3 Å². The van der Waals surface area contributed by atoms with Crippen molar-refractivity contribution in [3.8, 4) is 0 Å². The molecule has 0 saturated heterocycles. The molecule has 166 valence electrons. The predicted molar refractivity (Wildman–Crippen MR) is 101 cm³/mol. The van der Waals surface area contributed by atoms with Crippen molar-refractivity contribution in [2.45, 2.75) is 64.5 Å². The minimum absolute atomic E-state index is 0.172. The third kappa shape index (κ3) is 7.28. The quantitative estimate of drug-likeness (QED) is 0.167. The maximum atomic E-state index is 12.6. The Hall–Kier alpha value is -2.20. The molecule has 1 fully saturated rings. The van der Waals surface area contributed by atoms with E-state index >= 15 is 0 Å². The van der Waals surface area contributed by atoms with Crippen LogP contribution in [0, 0.1) is 5.41 Å². The summed E-state index contributed by atoms with van der Waals surface area (Å²) < 4.78 is 9.96. The van der Waals surface area contributed by atoms with E-state index in [0.717, 1.165) is 12.8 Å². The maximum absolute atomic E-state index is 12.6. The van der Waals surface area contributed by atoms with E-state index in [1.165, 1.54) is 0 Å². The second-order valence-corrected chi connectivity index (χ2v) is 7.04. The van der Waals surface area contributed by atoms with Crippen molar-refractivity contribution in [2.75, 3.05) is 26.4 Å². The zero-order valence-electron chi connectivity index (χ0n) is 17.1. The topological polar surface area (TPSA) is 151 Å². The summed E-state index contributed by atoms with van der Waals surface area (Å²) in [5, 5.41) is 23.4. The van der Waals surface area contributed by atoms with Gasteiger partial charge in [0.15, 0.2) is 12.1 Å². The molecule has 1 aliphatic carbocycles. The number of esters is 2. The first kappa shape index (κ1) is 24.8. The van der Waals surface area contributed by atoms with Gasteiger partial charge in [-0.05, 0) is 25.7 Å². The molecule has 0 aromatic rings. The Bertz CT molecular complexity index is 531. The number of rotatable bonds is 14. The lowest BCUT2D eigenvalue weighted by molar-refractivity contribution is -0.152. The summed E-state index contributed by atoms with van der Waals surface area (Å²) in [6.07, 6.45) is 3.38. The Morgan fingerprint density at radius 2 is 1.21 bits per heavy atom. The third-order valence-corrected chi connectivity index (χ3v) is 4.65. The number of carbonyl (C=O) groups is 4. The van der Waals surface area contributed by atoms with Gasteiger partial charge in [0.1, 0.15) is 5.41 Å². The van der Waals surface area contributed by atoms with Crippen LogP contribution < -0.4 is 10.6 Å². The van der Waals surface area contributed by atoms with Gasteiger partial charge in [0.25, 0.3) is 0 Å². The molecule has 0 unspecified atom stereocenters. The Kier molecular flexibility index (Phi) is 10.6. The highest BCUT2D eigenvalue weighted by Gasteiger charge is 2.57. The first-order chi connectivity index (χ1) is 13.9. The highest BCUT2D eigenvalue weighted by atomic mass is 16.5. The smallest absolute Gasteiger partial charge is 0.331 e. The Morgan fingerprint density at radius 1 is 0.828 bits per heavy atom. The van der Waals surface area contributed by atoms with E-state index in [1.54, 1.807) is 0 Å². The van der Waals surface area contributed by atoms with E-state index in [0.29, 0.717) is 12.8 Å². The van der Waals surface area contributed by atoms with Crippen LogP contribution >= 0.6 is 0 Å². The fourth-order valence-corrected chi connectivity index (χ4v) is 2.47. The van der Waals surface area contributed by atoms with E-state index in [-0.39, 0.29) is 26.1 Å². The van der Waals surface area contributed by atoms with E-state index in [4.69, 9.17) is 9.47 Å². The molecule has 10 heteroatoms. The van der Waals surface area contributed by atoms with Crippen LogP contribution in [0.15, 0.2) is 0 Å². The van der Waals surface area contributed by atoms with Crippen LogP contribution in [-0.2, 0) is 28.7 Å². The molecule has 1 rings (SSSR count). The molecule has 10 nitrogen and oxygen atoms in total. The Labute approximate surface area is 170 Å². The van der Waals surface area contributed by atoms with Crippen LogP contribution in [-0.4, -0.2) is 72.5 Å².